The van der Waals surface area contributed by atoms with E-state index in [0.717, 1.165) is 5.69 Å². The van der Waals surface area contributed by atoms with E-state index in [4.69, 9.17) is 15.2 Å². The molecule has 5 heteroatoms. The molecule has 0 spiro atoms. The molecule has 21 heavy (non-hydrogen) atoms. The van der Waals surface area contributed by atoms with Gasteiger partial charge in [-0.15, -0.1) is 0 Å². The van der Waals surface area contributed by atoms with Crippen LogP contribution in [0.25, 0.3) is 0 Å². The monoisotopic (exact) mass is 286 g/mol. The zero-order chi connectivity index (χ0) is 15.4. The Hall–Kier alpha value is -2.69. The molecule has 0 unspecified atom stereocenters. The lowest BCUT2D eigenvalue weighted by Gasteiger charge is -2.20. The van der Waals surface area contributed by atoms with Crippen LogP contribution in [-0.4, -0.2) is 27.2 Å². The number of hydrogen-bond acceptors (Lipinski definition) is 4. The number of carbonyl (C=O) groups is 1. The highest BCUT2D eigenvalue weighted by molar-refractivity contribution is 6.08. The number of benzene rings is 2. The molecule has 0 bridgehead atoms. The lowest BCUT2D eigenvalue weighted by atomic mass is 10.1. The molecule has 0 saturated carbocycles. The van der Waals surface area contributed by atoms with Crippen molar-refractivity contribution in [3.05, 3.63) is 48.0 Å². The number of nitrogens with zero attached hydrogens (tertiary/aromatic N) is 1. The van der Waals surface area contributed by atoms with Crippen molar-refractivity contribution in [2.45, 2.75) is 0 Å². The molecule has 0 radical (unpaired) electrons. The van der Waals surface area contributed by atoms with Crippen LogP contribution in [-0.2, 0) is 0 Å². The minimum atomic E-state index is -0.201. The van der Waals surface area contributed by atoms with Gasteiger partial charge < -0.3 is 20.1 Å². The predicted molar refractivity (Wildman–Crippen MR) is 83.1 cm³/mol. The van der Waals surface area contributed by atoms with Gasteiger partial charge in [0.2, 0.25) is 0 Å². The van der Waals surface area contributed by atoms with E-state index in [1.54, 1.807) is 38.4 Å². The van der Waals surface area contributed by atoms with Gasteiger partial charge >= 0.3 is 0 Å². The molecule has 0 heterocycles. The largest absolute Gasteiger partial charge is 0.497 e. The lowest BCUT2D eigenvalue weighted by molar-refractivity contribution is 0.0990. The third-order valence-corrected chi connectivity index (χ3v) is 3.23. The van der Waals surface area contributed by atoms with Crippen LogP contribution in [0.2, 0.25) is 0 Å². The summed E-state index contributed by atoms with van der Waals surface area (Å²) in [7, 11) is 4.77. The van der Waals surface area contributed by atoms with Gasteiger partial charge in [0.25, 0.3) is 5.91 Å². The first-order valence-corrected chi connectivity index (χ1v) is 6.43. The minimum Gasteiger partial charge on any atom is -0.497 e. The first kappa shape index (κ1) is 14.7. The molecule has 2 N–H and O–H groups in total. The van der Waals surface area contributed by atoms with E-state index in [-0.39, 0.29) is 5.91 Å². The number of hydrogen-bond donors (Lipinski definition) is 1. The smallest absolute Gasteiger partial charge is 0.261 e. The summed E-state index contributed by atoms with van der Waals surface area (Å²) in [6, 6.07) is 12.4. The molecule has 2 rings (SSSR count). The van der Waals surface area contributed by atoms with E-state index < -0.39 is 0 Å². The number of carbonyl (C=O) groups excluding carboxylic acids is 1. The quantitative estimate of drug-likeness (QED) is 0.877. The number of rotatable bonds is 4. The number of methoxy groups -OCH3 is 2. The summed E-state index contributed by atoms with van der Waals surface area (Å²) in [5.74, 6) is 0.872. The molecule has 0 saturated heterocycles. The van der Waals surface area contributed by atoms with Crippen molar-refractivity contribution < 1.29 is 14.3 Å². The van der Waals surface area contributed by atoms with Crippen molar-refractivity contribution in [2.24, 2.45) is 0 Å². The highest BCUT2D eigenvalue weighted by Gasteiger charge is 2.19. The predicted octanol–water partition coefficient (Wildman–Crippen LogP) is 2.56. The fourth-order valence-electron chi connectivity index (χ4n) is 2.07. The zero-order valence-electron chi connectivity index (χ0n) is 12.3. The molecule has 5 nitrogen and oxygen atoms in total. The van der Waals surface area contributed by atoms with Crippen LogP contribution in [0.15, 0.2) is 42.5 Å². The van der Waals surface area contributed by atoms with Crippen LogP contribution in [0, 0.1) is 0 Å². The maximum absolute atomic E-state index is 12.6. The fraction of sp³-hybridized carbons (Fsp3) is 0.188. The Balaban J connectivity index is 2.37. The first-order valence-electron chi connectivity index (χ1n) is 6.43. The minimum absolute atomic E-state index is 0.201. The van der Waals surface area contributed by atoms with E-state index in [9.17, 15) is 4.79 Å². The van der Waals surface area contributed by atoms with Crippen LogP contribution in [0.3, 0.4) is 0 Å². The summed E-state index contributed by atoms with van der Waals surface area (Å²) in [5, 5.41) is 0. The van der Waals surface area contributed by atoms with E-state index in [1.165, 1.54) is 12.0 Å². The van der Waals surface area contributed by atoms with Gasteiger partial charge in [-0.25, -0.2) is 0 Å². The molecule has 0 aliphatic carbocycles. The van der Waals surface area contributed by atoms with Crippen molar-refractivity contribution in [2.75, 3.05) is 31.9 Å². The molecule has 2 aromatic rings. The second-order valence-electron chi connectivity index (χ2n) is 4.49. The second-order valence-corrected chi connectivity index (χ2v) is 4.49. The summed E-state index contributed by atoms with van der Waals surface area (Å²) in [6.07, 6.45) is 0. The topological polar surface area (TPSA) is 64.8 Å². The SMILES string of the molecule is COc1cccc(N(C)C(=O)c2cccc(N)c2OC)c1. The van der Waals surface area contributed by atoms with Gasteiger partial charge in [0.15, 0.2) is 5.75 Å². The van der Waals surface area contributed by atoms with Gasteiger partial charge in [-0.2, -0.15) is 0 Å². The molecule has 0 aromatic heterocycles. The van der Waals surface area contributed by atoms with Crippen molar-refractivity contribution in [3.8, 4) is 11.5 Å². The highest BCUT2D eigenvalue weighted by Crippen LogP contribution is 2.29. The number of ether oxygens (including phenoxy) is 2. The lowest BCUT2D eigenvalue weighted by Crippen LogP contribution is -2.26. The Labute approximate surface area is 123 Å². The second kappa shape index (κ2) is 6.17. The normalized spacial score (nSPS) is 10.0. The summed E-state index contributed by atoms with van der Waals surface area (Å²) in [5.41, 5.74) is 7.42. The number of para-hydroxylation sites is 1. The first-order chi connectivity index (χ1) is 10.1. The van der Waals surface area contributed by atoms with Gasteiger partial charge in [-0.3, -0.25) is 4.79 Å². The highest BCUT2D eigenvalue weighted by atomic mass is 16.5. The molecule has 0 atom stereocenters. The average Bonchev–Trinajstić information content (AvgIpc) is 2.53. The molecule has 2 aromatic carbocycles. The maximum Gasteiger partial charge on any atom is 0.261 e. The number of amides is 1. The third-order valence-electron chi connectivity index (χ3n) is 3.23. The standard InChI is InChI=1S/C16H18N2O3/c1-18(11-6-4-7-12(10-11)20-2)16(19)13-8-5-9-14(17)15(13)21-3/h4-10H,17H2,1-3H3. The maximum atomic E-state index is 12.6. The van der Waals surface area contributed by atoms with Crippen LogP contribution >= 0.6 is 0 Å². The van der Waals surface area contributed by atoms with Gasteiger partial charge in [0, 0.05) is 18.8 Å². The van der Waals surface area contributed by atoms with E-state index in [2.05, 4.69) is 0 Å². The van der Waals surface area contributed by atoms with Gasteiger partial charge in [0.05, 0.1) is 25.5 Å². The molecule has 110 valence electrons. The Bertz CT molecular complexity index is 656. The van der Waals surface area contributed by atoms with Gasteiger partial charge in [0.1, 0.15) is 5.75 Å². The number of nitrogens with two attached hydrogens (primary N) is 1. The molecule has 0 aliphatic heterocycles. The van der Waals surface area contributed by atoms with Gasteiger partial charge in [-0.1, -0.05) is 12.1 Å². The summed E-state index contributed by atoms with van der Waals surface area (Å²) in [4.78, 5) is 14.2. The molecule has 0 fully saturated rings. The Kier molecular flexibility index (Phi) is 4.33. The molecular formula is C16H18N2O3. The van der Waals surface area contributed by atoms with Crippen molar-refractivity contribution in [1.29, 1.82) is 0 Å². The fourth-order valence-corrected chi connectivity index (χ4v) is 2.07. The van der Waals surface area contributed by atoms with E-state index in [0.29, 0.717) is 22.7 Å². The van der Waals surface area contributed by atoms with Crippen LogP contribution in [0.4, 0.5) is 11.4 Å². The van der Waals surface area contributed by atoms with E-state index in [1.807, 2.05) is 18.2 Å². The number of anilines is 2. The number of nitrogen functional groups attached to an aromatic ring is 1. The van der Waals surface area contributed by atoms with Gasteiger partial charge in [-0.05, 0) is 24.3 Å². The Morgan fingerprint density at radius 3 is 2.48 bits per heavy atom. The summed E-state index contributed by atoms with van der Waals surface area (Å²) in [6.45, 7) is 0. The van der Waals surface area contributed by atoms with Crippen LogP contribution in [0.1, 0.15) is 10.4 Å². The van der Waals surface area contributed by atoms with Crippen molar-refractivity contribution in [3.63, 3.8) is 0 Å². The van der Waals surface area contributed by atoms with Crippen molar-refractivity contribution in [1.82, 2.24) is 0 Å². The van der Waals surface area contributed by atoms with Crippen LogP contribution < -0.4 is 20.1 Å². The van der Waals surface area contributed by atoms with Crippen LogP contribution in [0.5, 0.6) is 11.5 Å². The molecule has 1 amide bonds. The zero-order valence-corrected chi connectivity index (χ0v) is 12.3. The third kappa shape index (κ3) is 2.91. The summed E-state index contributed by atoms with van der Waals surface area (Å²) >= 11 is 0. The van der Waals surface area contributed by atoms with Crippen molar-refractivity contribution >= 4 is 17.3 Å². The van der Waals surface area contributed by atoms with E-state index >= 15 is 0 Å². The average molecular weight is 286 g/mol. The Morgan fingerprint density at radius 2 is 1.81 bits per heavy atom. The molecular weight excluding hydrogens is 268 g/mol. The Morgan fingerprint density at radius 1 is 1.10 bits per heavy atom. The molecule has 0 aliphatic rings. The summed E-state index contributed by atoms with van der Waals surface area (Å²) < 4.78 is 10.4.